The van der Waals surface area contributed by atoms with Gasteiger partial charge >= 0.3 is 0 Å². The van der Waals surface area contributed by atoms with Crippen LogP contribution in [0.5, 0.6) is 0 Å². The number of carbonyl (C=O) groups excluding carboxylic acids is 1. The van der Waals surface area contributed by atoms with E-state index in [2.05, 4.69) is 9.88 Å². The number of hydrogen-bond donors (Lipinski definition) is 1. The third kappa shape index (κ3) is 3.43. The number of aromatic amines is 1. The summed E-state index contributed by atoms with van der Waals surface area (Å²) in [6.45, 7) is 4.74. The maximum Gasteiger partial charge on any atom is 0.256 e. The van der Waals surface area contributed by atoms with Crippen molar-refractivity contribution in [1.82, 2.24) is 9.88 Å². The first-order valence-electron chi connectivity index (χ1n) is 8.95. The number of amides is 1. The second-order valence-corrected chi connectivity index (χ2v) is 7.16. The molecule has 0 spiro atoms. The quantitative estimate of drug-likeness (QED) is 0.739. The van der Waals surface area contributed by atoms with Gasteiger partial charge in [-0.25, -0.2) is 0 Å². The van der Waals surface area contributed by atoms with Crippen molar-refractivity contribution in [2.45, 2.75) is 6.92 Å². The molecule has 1 aliphatic heterocycles. The summed E-state index contributed by atoms with van der Waals surface area (Å²) in [4.78, 5) is 30.9. The Morgan fingerprint density at radius 1 is 1.00 bits per heavy atom. The van der Waals surface area contributed by atoms with Crippen LogP contribution in [-0.4, -0.2) is 42.0 Å². The highest BCUT2D eigenvalue weighted by Gasteiger charge is 2.18. The van der Waals surface area contributed by atoms with E-state index in [9.17, 15) is 9.59 Å². The number of anilines is 1. The number of hydrogen-bond acceptors (Lipinski definition) is 3. The van der Waals surface area contributed by atoms with E-state index in [4.69, 9.17) is 11.6 Å². The molecule has 0 saturated carbocycles. The fourth-order valence-corrected chi connectivity index (χ4v) is 3.77. The topological polar surface area (TPSA) is 56.4 Å². The second-order valence-electron chi connectivity index (χ2n) is 6.75. The minimum Gasteiger partial charge on any atom is -0.368 e. The van der Waals surface area contributed by atoms with Gasteiger partial charge in [0.05, 0.1) is 0 Å². The zero-order valence-corrected chi connectivity index (χ0v) is 15.8. The molecule has 27 heavy (non-hydrogen) atoms. The van der Waals surface area contributed by atoms with Gasteiger partial charge in [0.1, 0.15) is 0 Å². The molecule has 1 aliphatic rings. The van der Waals surface area contributed by atoms with E-state index in [1.807, 2.05) is 35.2 Å². The molecule has 0 aliphatic carbocycles. The number of nitrogens with one attached hydrogen (secondary N) is 1. The molecule has 0 radical (unpaired) electrons. The molecule has 2 aromatic carbocycles. The van der Waals surface area contributed by atoms with Gasteiger partial charge in [0.25, 0.3) is 5.56 Å². The molecule has 1 N–H and O–H groups in total. The Kier molecular flexibility index (Phi) is 4.62. The normalized spacial score (nSPS) is 14.6. The van der Waals surface area contributed by atoms with E-state index in [-0.39, 0.29) is 11.5 Å². The van der Waals surface area contributed by atoms with E-state index in [0.29, 0.717) is 10.4 Å². The van der Waals surface area contributed by atoms with Crippen molar-refractivity contribution in [2.24, 2.45) is 0 Å². The summed E-state index contributed by atoms with van der Waals surface area (Å²) in [5.41, 5.74) is 2.64. The Labute approximate surface area is 162 Å². The number of halogens is 1. The lowest BCUT2D eigenvalue weighted by atomic mass is 10.1. The summed E-state index contributed by atoms with van der Waals surface area (Å²) in [7, 11) is 0. The summed E-state index contributed by atoms with van der Waals surface area (Å²) in [6.07, 6.45) is 0. The lowest BCUT2D eigenvalue weighted by Gasteiger charge is -2.35. The number of pyridine rings is 1. The summed E-state index contributed by atoms with van der Waals surface area (Å²) in [5, 5.41) is 1.91. The predicted octanol–water partition coefficient (Wildman–Crippen LogP) is 3.52. The maximum atomic E-state index is 12.4. The standard InChI is InChI=1S/C21H20ClN3O2/c1-14(26)24-9-11-25(12-10-24)16-7-5-15(6-8-16)20-13-18-17(21(27)23-20)3-2-4-19(18)22/h2-8,13H,9-12H2,1H3,(H,23,27). The fourth-order valence-electron chi connectivity index (χ4n) is 3.54. The summed E-state index contributed by atoms with van der Waals surface area (Å²) in [6, 6.07) is 15.4. The summed E-state index contributed by atoms with van der Waals surface area (Å²) < 4.78 is 0. The van der Waals surface area contributed by atoms with Crippen molar-refractivity contribution in [3.63, 3.8) is 0 Å². The van der Waals surface area contributed by atoms with Crippen molar-refractivity contribution < 1.29 is 4.79 Å². The highest BCUT2D eigenvalue weighted by atomic mass is 35.5. The van der Waals surface area contributed by atoms with Crippen LogP contribution in [-0.2, 0) is 4.79 Å². The number of nitrogens with zero attached hydrogens (tertiary/aromatic N) is 2. The van der Waals surface area contributed by atoms with Gasteiger partial charge in [-0.2, -0.15) is 0 Å². The van der Waals surface area contributed by atoms with Gasteiger partial charge in [-0.15, -0.1) is 0 Å². The molecule has 0 bridgehead atoms. The molecule has 6 heteroatoms. The molecule has 3 aromatic rings. The van der Waals surface area contributed by atoms with Gasteiger partial charge in [-0.1, -0.05) is 29.8 Å². The SMILES string of the molecule is CC(=O)N1CCN(c2ccc(-c3cc4c(Cl)cccc4c(=O)[nH]3)cc2)CC1. The largest absolute Gasteiger partial charge is 0.368 e. The molecule has 1 fully saturated rings. The zero-order valence-electron chi connectivity index (χ0n) is 15.0. The molecule has 0 atom stereocenters. The maximum absolute atomic E-state index is 12.4. The van der Waals surface area contributed by atoms with Gasteiger partial charge in [0, 0.05) is 60.3 Å². The van der Waals surface area contributed by atoms with Crippen LogP contribution in [0.25, 0.3) is 22.0 Å². The average Bonchev–Trinajstić information content (AvgIpc) is 2.69. The first-order chi connectivity index (χ1) is 13.0. The van der Waals surface area contributed by atoms with Crippen molar-refractivity contribution >= 4 is 34.0 Å². The fraction of sp³-hybridized carbons (Fsp3) is 0.238. The molecule has 2 heterocycles. The van der Waals surface area contributed by atoms with Crippen molar-refractivity contribution in [2.75, 3.05) is 31.1 Å². The summed E-state index contributed by atoms with van der Waals surface area (Å²) >= 11 is 6.26. The Morgan fingerprint density at radius 3 is 2.37 bits per heavy atom. The predicted molar refractivity (Wildman–Crippen MR) is 109 cm³/mol. The lowest BCUT2D eigenvalue weighted by Crippen LogP contribution is -2.48. The molecular weight excluding hydrogens is 362 g/mol. The Hall–Kier alpha value is -2.79. The minimum absolute atomic E-state index is 0.129. The van der Waals surface area contributed by atoms with Crippen LogP contribution in [0.4, 0.5) is 5.69 Å². The van der Waals surface area contributed by atoms with E-state index >= 15 is 0 Å². The van der Waals surface area contributed by atoms with Gasteiger partial charge in [0.15, 0.2) is 0 Å². The third-order valence-corrected chi connectivity index (χ3v) is 5.43. The Morgan fingerprint density at radius 2 is 1.70 bits per heavy atom. The molecule has 4 rings (SSSR count). The molecule has 1 saturated heterocycles. The van der Waals surface area contributed by atoms with Crippen LogP contribution in [0.3, 0.4) is 0 Å². The van der Waals surface area contributed by atoms with E-state index in [1.54, 1.807) is 25.1 Å². The number of carbonyl (C=O) groups is 1. The second kappa shape index (κ2) is 7.08. The molecule has 5 nitrogen and oxygen atoms in total. The van der Waals surface area contributed by atoms with Crippen LogP contribution >= 0.6 is 11.6 Å². The first-order valence-corrected chi connectivity index (χ1v) is 9.33. The van der Waals surface area contributed by atoms with Gasteiger partial charge in [0.2, 0.25) is 5.91 Å². The molecule has 0 unspecified atom stereocenters. The highest BCUT2D eigenvalue weighted by Crippen LogP contribution is 2.27. The first kappa shape index (κ1) is 17.6. The molecule has 1 amide bonds. The zero-order chi connectivity index (χ0) is 19.0. The van der Waals surface area contributed by atoms with Crippen LogP contribution in [0.2, 0.25) is 5.02 Å². The molecule has 138 valence electrons. The monoisotopic (exact) mass is 381 g/mol. The number of aromatic nitrogens is 1. The Bertz CT molecular complexity index is 1050. The van der Waals surface area contributed by atoms with Crippen molar-refractivity contribution in [3.8, 4) is 11.3 Å². The average molecular weight is 382 g/mol. The summed E-state index contributed by atoms with van der Waals surface area (Å²) in [5.74, 6) is 0.129. The van der Waals surface area contributed by atoms with Crippen LogP contribution in [0.1, 0.15) is 6.92 Å². The van der Waals surface area contributed by atoms with E-state index in [0.717, 1.165) is 48.5 Å². The lowest BCUT2D eigenvalue weighted by molar-refractivity contribution is -0.129. The number of piperazine rings is 1. The highest BCUT2D eigenvalue weighted by molar-refractivity contribution is 6.35. The van der Waals surface area contributed by atoms with Crippen LogP contribution < -0.4 is 10.5 Å². The van der Waals surface area contributed by atoms with E-state index in [1.165, 1.54) is 0 Å². The molecule has 1 aromatic heterocycles. The van der Waals surface area contributed by atoms with E-state index < -0.39 is 0 Å². The number of benzene rings is 2. The smallest absolute Gasteiger partial charge is 0.256 e. The van der Waals surface area contributed by atoms with Gasteiger partial charge < -0.3 is 14.8 Å². The van der Waals surface area contributed by atoms with Crippen molar-refractivity contribution in [1.29, 1.82) is 0 Å². The van der Waals surface area contributed by atoms with Gasteiger partial charge in [-0.05, 0) is 35.9 Å². The van der Waals surface area contributed by atoms with Gasteiger partial charge in [-0.3, -0.25) is 9.59 Å². The molecular formula is C21H20ClN3O2. The van der Waals surface area contributed by atoms with Crippen LogP contribution in [0, 0.1) is 0 Å². The third-order valence-electron chi connectivity index (χ3n) is 5.10. The van der Waals surface area contributed by atoms with Crippen LogP contribution in [0.15, 0.2) is 53.3 Å². The number of rotatable bonds is 2. The minimum atomic E-state index is -0.144. The Balaban J connectivity index is 1.60. The number of H-pyrrole nitrogens is 1. The van der Waals surface area contributed by atoms with Crippen molar-refractivity contribution in [3.05, 3.63) is 63.9 Å². The number of fused-ring (bicyclic) bond motifs is 1.